The molecular weight excluding hydrogens is 316 g/mol. The summed E-state index contributed by atoms with van der Waals surface area (Å²) in [5, 5.41) is 10.1. The van der Waals surface area contributed by atoms with Crippen LogP contribution in [-0.2, 0) is 21.3 Å². The molecule has 3 N–H and O–H groups in total. The van der Waals surface area contributed by atoms with E-state index in [-0.39, 0.29) is 16.3 Å². The van der Waals surface area contributed by atoms with E-state index in [2.05, 4.69) is 4.72 Å². The third kappa shape index (κ3) is 3.54. The highest BCUT2D eigenvalue weighted by atomic mass is 32.2. The molecule has 21 heavy (non-hydrogen) atoms. The van der Waals surface area contributed by atoms with Crippen molar-refractivity contribution in [2.24, 2.45) is 0 Å². The van der Waals surface area contributed by atoms with Crippen molar-refractivity contribution >= 4 is 27.0 Å². The minimum absolute atomic E-state index is 0.168. The molecule has 0 aliphatic carbocycles. The van der Waals surface area contributed by atoms with Gasteiger partial charge in [0.05, 0.1) is 5.69 Å². The van der Waals surface area contributed by atoms with Gasteiger partial charge in [-0.1, -0.05) is 6.42 Å². The molecule has 1 aliphatic rings. The second kappa shape index (κ2) is 6.30. The Hall–Kier alpha value is -1.16. The quantitative estimate of drug-likeness (QED) is 0.570. The smallest absolute Gasteiger partial charge is 0.259 e. The molecule has 1 heterocycles. The van der Waals surface area contributed by atoms with Crippen LogP contribution < -0.4 is 4.72 Å². The summed E-state index contributed by atoms with van der Waals surface area (Å²) in [7, 11) is -3.81. The molecule has 118 valence electrons. The van der Waals surface area contributed by atoms with Crippen LogP contribution in [0.4, 0.5) is 5.69 Å². The van der Waals surface area contributed by atoms with E-state index in [1.165, 1.54) is 23.4 Å². The maximum absolute atomic E-state index is 12.6. The van der Waals surface area contributed by atoms with Gasteiger partial charge < -0.3 is 5.11 Å². The Labute approximate surface area is 126 Å². The fraction of sp³-hybridized carbons (Fsp3) is 0.500. The zero-order chi connectivity index (χ0) is 15.6. The third-order valence-electron chi connectivity index (χ3n) is 3.40. The summed E-state index contributed by atoms with van der Waals surface area (Å²) in [6.45, 7) is 2.38. The molecular formula is C12H18N2O5S2. The number of rotatable bonds is 4. The van der Waals surface area contributed by atoms with E-state index in [4.69, 9.17) is 4.55 Å². The number of hydrogen-bond acceptors (Lipinski definition) is 4. The molecule has 1 aromatic carbocycles. The number of aryl methyl sites for hydroxylation is 1. The summed E-state index contributed by atoms with van der Waals surface area (Å²) in [5.74, 6) is -0.324. The van der Waals surface area contributed by atoms with Crippen LogP contribution in [0.15, 0.2) is 17.0 Å². The predicted octanol–water partition coefficient (Wildman–Crippen LogP) is 1.42. The Bertz CT molecular complexity index is 654. The van der Waals surface area contributed by atoms with Crippen molar-refractivity contribution < 1.29 is 22.3 Å². The van der Waals surface area contributed by atoms with Crippen molar-refractivity contribution in [1.82, 2.24) is 4.31 Å². The Kier molecular flexibility index (Phi) is 4.87. The summed E-state index contributed by atoms with van der Waals surface area (Å²) in [6.07, 6.45) is 2.57. The molecule has 0 amide bonds. The SMILES string of the molecule is Cc1cc(NS(=O)O)cc(S(=O)(=O)N2CCCCC2)c1O. The minimum atomic E-state index is -3.81. The maximum atomic E-state index is 12.6. The van der Waals surface area contributed by atoms with Crippen molar-refractivity contribution in [3.8, 4) is 5.75 Å². The second-order valence-corrected chi connectivity index (χ2v) is 7.56. The molecule has 0 spiro atoms. The van der Waals surface area contributed by atoms with Crippen molar-refractivity contribution in [2.75, 3.05) is 17.8 Å². The lowest BCUT2D eigenvalue weighted by Gasteiger charge is -2.26. The fourth-order valence-corrected chi connectivity index (χ4v) is 4.37. The number of nitrogens with zero attached hydrogens (tertiary/aromatic N) is 1. The van der Waals surface area contributed by atoms with Crippen LogP contribution in [0.2, 0.25) is 0 Å². The van der Waals surface area contributed by atoms with E-state index in [0.717, 1.165) is 19.3 Å². The zero-order valence-corrected chi connectivity index (χ0v) is 13.2. The van der Waals surface area contributed by atoms with Gasteiger partial charge in [0.1, 0.15) is 10.6 Å². The molecule has 0 aromatic heterocycles. The number of phenolic OH excluding ortho intramolecular Hbond substituents is 1. The number of aromatic hydroxyl groups is 1. The first-order chi connectivity index (χ1) is 9.82. The van der Waals surface area contributed by atoms with Gasteiger partial charge in [0.15, 0.2) is 0 Å². The summed E-state index contributed by atoms with van der Waals surface area (Å²) in [6, 6.07) is 2.60. The average molecular weight is 334 g/mol. The maximum Gasteiger partial charge on any atom is 0.259 e. The lowest BCUT2D eigenvalue weighted by molar-refractivity contribution is 0.344. The van der Waals surface area contributed by atoms with Gasteiger partial charge in [-0.25, -0.2) is 12.6 Å². The second-order valence-electron chi connectivity index (χ2n) is 4.96. The number of anilines is 1. The number of piperidine rings is 1. The number of nitrogens with one attached hydrogen (secondary N) is 1. The van der Waals surface area contributed by atoms with Crippen molar-refractivity contribution in [3.05, 3.63) is 17.7 Å². The predicted molar refractivity (Wildman–Crippen MR) is 79.8 cm³/mol. The first-order valence-electron chi connectivity index (χ1n) is 6.53. The van der Waals surface area contributed by atoms with Gasteiger partial charge in [0, 0.05) is 13.1 Å². The highest BCUT2D eigenvalue weighted by Gasteiger charge is 2.29. The van der Waals surface area contributed by atoms with Gasteiger partial charge in [0.2, 0.25) is 10.0 Å². The van der Waals surface area contributed by atoms with E-state index in [1.54, 1.807) is 0 Å². The summed E-state index contributed by atoms with van der Waals surface area (Å²) in [5.41, 5.74) is 0.489. The van der Waals surface area contributed by atoms with E-state index < -0.39 is 21.3 Å². The van der Waals surface area contributed by atoms with Crippen molar-refractivity contribution in [1.29, 1.82) is 0 Å². The molecule has 7 nitrogen and oxygen atoms in total. The van der Waals surface area contributed by atoms with Crippen LogP contribution in [0.25, 0.3) is 0 Å². The van der Waals surface area contributed by atoms with Gasteiger partial charge in [-0.05, 0) is 37.5 Å². The Morgan fingerprint density at radius 1 is 1.24 bits per heavy atom. The number of hydrogen-bond donors (Lipinski definition) is 3. The van der Waals surface area contributed by atoms with Gasteiger partial charge in [-0.3, -0.25) is 9.27 Å². The molecule has 2 rings (SSSR count). The van der Waals surface area contributed by atoms with Crippen molar-refractivity contribution in [2.45, 2.75) is 31.1 Å². The van der Waals surface area contributed by atoms with Gasteiger partial charge >= 0.3 is 0 Å². The lowest BCUT2D eigenvalue weighted by atomic mass is 10.2. The van der Waals surface area contributed by atoms with Crippen LogP contribution in [0.3, 0.4) is 0 Å². The lowest BCUT2D eigenvalue weighted by Crippen LogP contribution is -2.35. The number of sulfonamides is 1. The molecule has 1 aromatic rings. The number of phenols is 1. The van der Waals surface area contributed by atoms with E-state index in [0.29, 0.717) is 18.7 Å². The Morgan fingerprint density at radius 3 is 2.43 bits per heavy atom. The zero-order valence-electron chi connectivity index (χ0n) is 11.6. The molecule has 1 saturated heterocycles. The van der Waals surface area contributed by atoms with Crippen LogP contribution in [-0.4, -0.2) is 39.7 Å². The largest absolute Gasteiger partial charge is 0.506 e. The standard InChI is InChI=1S/C12H18N2O5S2/c1-9-7-10(13-20(16)17)8-11(12(9)15)21(18,19)14-5-3-2-4-6-14/h7-8,13,15H,2-6H2,1H3,(H,16,17). The minimum Gasteiger partial charge on any atom is -0.506 e. The molecule has 1 unspecified atom stereocenters. The molecule has 1 aliphatic heterocycles. The summed E-state index contributed by atoms with van der Waals surface area (Å²) >= 11 is -2.31. The first-order valence-corrected chi connectivity index (χ1v) is 9.08. The highest BCUT2D eigenvalue weighted by Crippen LogP contribution is 2.33. The van der Waals surface area contributed by atoms with Crippen LogP contribution >= 0.6 is 0 Å². The van der Waals surface area contributed by atoms with Gasteiger partial charge in [-0.15, -0.1) is 0 Å². The van der Waals surface area contributed by atoms with Crippen LogP contribution in [0.5, 0.6) is 5.75 Å². The fourth-order valence-electron chi connectivity index (χ4n) is 2.35. The summed E-state index contributed by atoms with van der Waals surface area (Å²) in [4.78, 5) is -0.239. The molecule has 1 atom stereocenters. The third-order valence-corrected chi connectivity index (χ3v) is 5.73. The van der Waals surface area contributed by atoms with E-state index in [9.17, 15) is 17.7 Å². The molecule has 1 fully saturated rings. The van der Waals surface area contributed by atoms with Gasteiger partial charge in [0.25, 0.3) is 11.3 Å². The topological polar surface area (TPSA) is 107 Å². The monoisotopic (exact) mass is 334 g/mol. The molecule has 0 bridgehead atoms. The van der Waals surface area contributed by atoms with Crippen LogP contribution in [0.1, 0.15) is 24.8 Å². The normalized spacial score (nSPS) is 18.4. The van der Waals surface area contributed by atoms with Crippen LogP contribution in [0, 0.1) is 6.92 Å². The number of benzene rings is 1. The van der Waals surface area contributed by atoms with E-state index >= 15 is 0 Å². The first kappa shape index (κ1) is 16.2. The Morgan fingerprint density at radius 2 is 1.86 bits per heavy atom. The molecule has 9 heteroatoms. The summed E-state index contributed by atoms with van der Waals surface area (Å²) < 4.78 is 48.4. The van der Waals surface area contributed by atoms with Crippen molar-refractivity contribution in [3.63, 3.8) is 0 Å². The molecule has 0 radical (unpaired) electrons. The Balaban J connectivity index is 2.45. The van der Waals surface area contributed by atoms with Gasteiger partial charge in [-0.2, -0.15) is 4.31 Å². The molecule has 0 saturated carbocycles. The average Bonchev–Trinajstić information content (AvgIpc) is 2.43. The van der Waals surface area contributed by atoms with E-state index in [1.807, 2.05) is 0 Å². The highest BCUT2D eigenvalue weighted by molar-refractivity contribution is 7.89.